The number of furan rings is 1. The lowest BCUT2D eigenvalue weighted by Crippen LogP contribution is -2.38. The zero-order chi connectivity index (χ0) is 20.4. The van der Waals surface area contributed by atoms with Gasteiger partial charge in [0.05, 0.1) is 25.1 Å². The van der Waals surface area contributed by atoms with E-state index in [0.29, 0.717) is 31.3 Å². The number of rotatable bonds is 5. The highest BCUT2D eigenvalue weighted by Gasteiger charge is 2.25. The Morgan fingerprint density at radius 1 is 1.14 bits per heavy atom. The van der Waals surface area contributed by atoms with Crippen molar-refractivity contribution in [2.24, 2.45) is 0 Å². The SMILES string of the molecule is O=S(=O)(Nc1ccc(F)c(F)c1)c1ccc(N2CCOC(c3ccco3)C2)nc1. The van der Waals surface area contributed by atoms with Crippen LogP contribution in [0.3, 0.4) is 0 Å². The van der Waals surface area contributed by atoms with Gasteiger partial charge in [0.1, 0.15) is 22.6 Å². The number of pyridine rings is 1. The molecule has 3 aromatic rings. The predicted octanol–water partition coefficient (Wildman–Crippen LogP) is 3.33. The molecule has 0 bridgehead atoms. The quantitative estimate of drug-likeness (QED) is 0.680. The first-order valence-electron chi connectivity index (χ1n) is 8.76. The lowest BCUT2D eigenvalue weighted by atomic mass is 10.2. The van der Waals surface area contributed by atoms with Crippen LogP contribution in [0, 0.1) is 11.6 Å². The van der Waals surface area contributed by atoms with Crippen LogP contribution in [0.1, 0.15) is 11.9 Å². The van der Waals surface area contributed by atoms with Crippen LogP contribution in [0.25, 0.3) is 0 Å². The number of benzene rings is 1. The summed E-state index contributed by atoms with van der Waals surface area (Å²) >= 11 is 0. The van der Waals surface area contributed by atoms with Gasteiger partial charge in [-0.05, 0) is 36.4 Å². The van der Waals surface area contributed by atoms with Crippen LogP contribution in [0.15, 0.2) is 64.2 Å². The van der Waals surface area contributed by atoms with Gasteiger partial charge in [0, 0.05) is 18.8 Å². The molecule has 152 valence electrons. The highest BCUT2D eigenvalue weighted by molar-refractivity contribution is 7.92. The predicted molar refractivity (Wildman–Crippen MR) is 101 cm³/mol. The minimum atomic E-state index is -4.00. The van der Waals surface area contributed by atoms with Crippen molar-refractivity contribution in [2.75, 3.05) is 29.3 Å². The number of nitrogens with zero attached hydrogens (tertiary/aromatic N) is 2. The number of sulfonamides is 1. The molecular formula is C19H17F2N3O4S. The average molecular weight is 421 g/mol. The molecule has 1 saturated heterocycles. The zero-order valence-electron chi connectivity index (χ0n) is 15.1. The summed E-state index contributed by atoms with van der Waals surface area (Å²) in [6.45, 7) is 1.59. The topological polar surface area (TPSA) is 84.7 Å². The van der Waals surface area contributed by atoms with Gasteiger partial charge in [-0.15, -0.1) is 0 Å². The zero-order valence-corrected chi connectivity index (χ0v) is 15.9. The summed E-state index contributed by atoms with van der Waals surface area (Å²) in [4.78, 5) is 6.12. The summed E-state index contributed by atoms with van der Waals surface area (Å²) in [5.41, 5.74) is -0.0811. The fourth-order valence-corrected chi connectivity index (χ4v) is 3.99. The number of hydrogen-bond donors (Lipinski definition) is 1. The Morgan fingerprint density at radius 2 is 2.00 bits per heavy atom. The van der Waals surface area contributed by atoms with Crippen LogP contribution in [0.2, 0.25) is 0 Å². The molecule has 2 aromatic heterocycles. The van der Waals surface area contributed by atoms with E-state index in [1.54, 1.807) is 18.4 Å². The van der Waals surface area contributed by atoms with Gasteiger partial charge in [-0.1, -0.05) is 0 Å². The van der Waals surface area contributed by atoms with Gasteiger partial charge in [-0.25, -0.2) is 22.2 Å². The molecule has 1 aliphatic rings. The van der Waals surface area contributed by atoms with Gasteiger partial charge < -0.3 is 14.1 Å². The molecular weight excluding hydrogens is 404 g/mol. The lowest BCUT2D eigenvalue weighted by molar-refractivity contribution is 0.0255. The summed E-state index contributed by atoms with van der Waals surface area (Å²) in [6.07, 6.45) is 2.56. The molecule has 0 amide bonds. The fourth-order valence-electron chi connectivity index (χ4n) is 3.00. The number of anilines is 2. The van der Waals surface area contributed by atoms with Crippen molar-refractivity contribution in [3.8, 4) is 0 Å². The van der Waals surface area contributed by atoms with E-state index < -0.39 is 21.7 Å². The van der Waals surface area contributed by atoms with Gasteiger partial charge >= 0.3 is 0 Å². The minimum Gasteiger partial charge on any atom is -0.467 e. The van der Waals surface area contributed by atoms with E-state index in [1.165, 1.54) is 12.3 Å². The van der Waals surface area contributed by atoms with E-state index in [9.17, 15) is 17.2 Å². The van der Waals surface area contributed by atoms with Gasteiger partial charge in [-0.2, -0.15) is 0 Å². The summed E-state index contributed by atoms with van der Waals surface area (Å²) in [5, 5.41) is 0. The Labute approximate surface area is 166 Å². The van der Waals surface area contributed by atoms with Crippen LogP contribution in [-0.2, 0) is 14.8 Å². The Hall–Kier alpha value is -2.98. The maximum Gasteiger partial charge on any atom is 0.263 e. The van der Waals surface area contributed by atoms with Crippen molar-refractivity contribution in [3.63, 3.8) is 0 Å². The number of hydrogen-bond acceptors (Lipinski definition) is 6. The molecule has 29 heavy (non-hydrogen) atoms. The second-order valence-corrected chi connectivity index (χ2v) is 8.09. The molecule has 0 radical (unpaired) electrons. The minimum absolute atomic E-state index is 0.0811. The molecule has 1 aliphatic heterocycles. The summed E-state index contributed by atoms with van der Waals surface area (Å²) in [7, 11) is -4.00. The molecule has 3 heterocycles. The number of halogens is 2. The van der Waals surface area contributed by atoms with E-state index in [4.69, 9.17) is 9.15 Å². The molecule has 10 heteroatoms. The fraction of sp³-hybridized carbons (Fsp3) is 0.211. The first-order valence-corrected chi connectivity index (χ1v) is 10.2. The van der Waals surface area contributed by atoms with Gasteiger partial charge in [-0.3, -0.25) is 4.72 Å². The van der Waals surface area contributed by atoms with Crippen LogP contribution in [0.4, 0.5) is 20.3 Å². The van der Waals surface area contributed by atoms with Gasteiger partial charge in [0.25, 0.3) is 10.0 Å². The standard InChI is InChI=1S/C19H17F2N3O4S/c20-15-5-3-13(10-16(15)21)23-29(25,26)14-4-6-19(22-11-14)24-7-9-28-18(12-24)17-2-1-8-27-17/h1-6,8,10-11,18,23H,7,9,12H2. The van der Waals surface area contributed by atoms with Crippen molar-refractivity contribution in [3.05, 3.63) is 72.3 Å². The Balaban J connectivity index is 1.48. The van der Waals surface area contributed by atoms with E-state index in [0.717, 1.165) is 18.2 Å². The van der Waals surface area contributed by atoms with Crippen LogP contribution in [-0.4, -0.2) is 33.1 Å². The first kappa shape index (κ1) is 19.3. The van der Waals surface area contributed by atoms with E-state index in [2.05, 4.69) is 9.71 Å². The molecule has 1 N–H and O–H groups in total. The van der Waals surface area contributed by atoms with Crippen molar-refractivity contribution in [2.45, 2.75) is 11.0 Å². The highest BCUT2D eigenvalue weighted by Crippen LogP contribution is 2.26. The third kappa shape index (κ3) is 4.22. The van der Waals surface area contributed by atoms with Crippen molar-refractivity contribution >= 4 is 21.5 Å². The van der Waals surface area contributed by atoms with Crippen molar-refractivity contribution < 1.29 is 26.4 Å². The van der Waals surface area contributed by atoms with Crippen molar-refractivity contribution in [1.82, 2.24) is 4.98 Å². The second kappa shape index (κ2) is 7.80. The number of morpholine rings is 1. The lowest BCUT2D eigenvalue weighted by Gasteiger charge is -2.32. The largest absolute Gasteiger partial charge is 0.467 e. The normalized spacial score (nSPS) is 17.3. The number of nitrogens with one attached hydrogen (secondary N) is 1. The molecule has 0 spiro atoms. The monoisotopic (exact) mass is 421 g/mol. The Bertz CT molecular complexity index is 1090. The smallest absolute Gasteiger partial charge is 0.263 e. The molecule has 0 aliphatic carbocycles. The third-order valence-corrected chi connectivity index (χ3v) is 5.82. The molecule has 4 rings (SSSR count). The molecule has 7 nitrogen and oxygen atoms in total. The molecule has 1 unspecified atom stereocenters. The second-order valence-electron chi connectivity index (χ2n) is 6.41. The number of ether oxygens (including phenoxy) is 1. The van der Waals surface area contributed by atoms with Crippen molar-refractivity contribution in [1.29, 1.82) is 0 Å². The first-order chi connectivity index (χ1) is 13.9. The maximum atomic E-state index is 13.3. The average Bonchev–Trinajstić information content (AvgIpc) is 3.26. The summed E-state index contributed by atoms with van der Waals surface area (Å²) < 4.78 is 64.6. The molecule has 0 saturated carbocycles. The molecule has 1 atom stereocenters. The van der Waals surface area contributed by atoms with Crippen LogP contribution in [0.5, 0.6) is 0 Å². The number of aromatic nitrogens is 1. The van der Waals surface area contributed by atoms with Gasteiger partial charge in [0.2, 0.25) is 0 Å². The van der Waals surface area contributed by atoms with Crippen LogP contribution >= 0.6 is 0 Å². The summed E-state index contributed by atoms with van der Waals surface area (Å²) in [6, 6.07) is 9.38. The van der Waals surface area contributed by atoms with Crippen LogP contribution < -0.4 is 9.62 Å². The summed E-state index contributed by atoms with van der Waals surface area (Å²) in [5.74, 6) is -0.893. The van der Waals surface area contributed by atoms with E-state index in [-0.39, 0.29) is 16.7 Å². The van der Waals surface area contributed by atoms with E-state index >= 15 is 0 Å². The molecule has 1 fully saturated rings. The Morgan fingerprint density at radius 3 is 2.69 bits per heavy atom. The maximum absolute atomic E-state index is 13.3. The molecule has 1 aromatic carbocycles. The van der Waals surface area contributed by atoms with E-state index in [1.807, 2.05) is 11.0 Å². The highest BCUT2D eigenvalue weighted by atomic mass is 32.2. The van der Waals surface area contributed by atoms with Gasteiger partial charge in [0.15, 0.2) is 11.6 Å². The Kier molecular flexibility index (Phi) is 5.20. The third-order valence-electron chi connectivity index (χ3n) is 4.45.